The van der Waals surface area contributed by atoms with Gasteiger partial charge in [0, 0.05) is 24.7 Å². The fourth-order valence-electron chi connectivity index (χ4n) is 10.5. The van der Waals surface area contributed by atoms with Gasteiger partial charge in [0.05, 0.1) is 34.5 Å². The molecule has 10 rings (SSSR count). The molecule has 0 unspecified atom stereocenters. The van der Waals surface area contributed by atoms with Crippen LogP contribution in [0.2, 0.25) is 0 Å². The van der Waals surface area contributed by atoms with Crippen LogP contribution < -0.4 is 0 Å². The van der Waals surface area contributed by atoms with Crippen molar-refractivity contribution < 1.29 is 38.1 Å². The van der Waals surface area contributed by atoms with Gasteiger partial charge in [0.15, 0.2) is 0 Å². The van der Waals surface area contributed by atoms with E-state index in [1.807, 2.05) is 84.2 Å². The topological polar surface area (TPSA) is 112 Å². The zero-order valence-electron chi connectivity index (χ0n) is 29.6. The Balaban J connectivity index is 0.000000138. The summed E-state index contributed by atoms with van der Waals surface area (Å²) in [5.41, 5.74) is 1.03. The summed E-state index contributed by atoms with van der Waals surface area (Å²) in [5, 5.41) is 0.761. The number of esters is 2. The highest BCUT2D eigenvalue weighted by atomic mass is 32.2. The average Bonchev–Trinajstić information content (AvgIpc) is 4.01. The van der Waals surface area contributed by atoms with E-state index in [0.717, 1.165) is 36.8 Å². The fraction of sp³-hybridized carbons (Fsp3) is 0.600. The van der Waals surface area contributed by atoms with Crippen LogP contribution in [0.5, 0.6) is 0 Å². The van der Waals surface area contributed by atoms with Crippen molar-refractivity contribution in [2.24, 2.45) is 23.7 Å². The van der Waals surface area contributed by atoms with Crippen LogP contribution in [0.15, 0.2) is 60.7 Å². The van der Waals surface area contributed by atoms with E-state index in [1.54, 1.807) is 0 Å². The van der Waals surface area contributed by atoms with E-state index in [-0.39, 0.29) is 71.7 Å². The molecule has 12 heteroatoms. The van der Waals surface area contributed by atoms with Crippen molar-refractivity contribution in [1.82, 2.24) is 9.80 Å². The Morgan fingerprint density at radius 1 is 0.673 bits per heavy atom. The Hall–Kier alpha value is -2.74. The van der Waals surface area contributed by atoms with E-state index >= 15 is 0 Å². The second kappa shape index (κ2) is 13.5. The average molecular weight is 747 g/mol. The van der Waals surface area contributed by atoms with Crippen molar-refractivity contribution in [3.8, 4) is 0 Å². The zero-order chi connectivity index (χ0) is 35.8. The van der Waals surface area contributed by atoms with Crippen LogP contribution in [0.1, 0.15) is 63.5 Å². The lowest BCUT2D eigenvalue weighted by molar-refractivity contribution is -0.166. The van der Waals surface area contributed by atoms with E-state index in [2.05, 4.69) is 23.6 Å². The van der Waals surface area contributed by atoms with Gasteiger partial charge in [0.25, 0.3) is 0 Å². The highest BCUT2D eigenvalue weighted by Gasteiger charge is 2.70. The number of Topliss-reactive ketones (excluding diaryl/α,β-unsaturated/α-hetero) is 2. The standard InChI is InChI=1S/2C20H23NO4S/c2*1-20-15(9-10-25-20)26-18-16-13(7-8-14(16)22)17(21(18)20)19(23)24-11-12-5-3-2-4-6-12/h2*2-6,13,15-18H,7-11H2,1H3/t13-,15+,16-,17-,18+,20-;13-,15-,16-,17-,18+,20+/m00/s1. The molecule has 2 aromatic rings. The molecule has 6 aliphatic heterocycles. The molecule has 2 aromatic carbocycles. The predicted octanol–water partition coefficient (Wildman–Crippen LogP) is 5.17. The van der Waals surface area contributed by atoms with Crippen molar-refractivity contribution in [2.45, 2.75) is 110 Å². The minimum Gasteiger partial charge on any atom is -0.460 e. The molecule has 2 saturated carbocycles. The third-order valence-electron chi connectivity index (χ3n) is 13.0. The van der Waals surface area contributed by atoms with Crippen LogP contribution in [0.3, 0.4) is 0 Å². The smallest absolute Gasteiger partial charge is 0.324 e. The zero-order valence-corrected chi connectivity index (χ0v) is 31.2. The van der Waals surface area contributed by atoms with Crippen molar-refractivity contribution in [1.29, 1.82) is 0 Å². The van der Waals surface area contributed by atoms with Crippen molar-refractivity contribution in [2.75, 3.05) is 13.2 Å². The van der Waals surface area contributed by atoms with Gasteiger partial charge in [-0.1, -0.05) is 60.7 Å². The van der Waals surface area contributed by atoms with Gasteiger partial charge >= 0.3 is 11.9 Å². The van der Waals surface area contributed by atoms with E-state index in [0.29, 0.717) is 48.1 Å². The molecule has 0 spiro atoms. The summed E-state index contributed by atoms with van der Waals surface area (Å²) in [6.45, 7) is 6.14. The highest BCUT2D eigenvalue weighted by Crippen LogP contribution is 2.62. The summed E-state index contributed by atoms with van der Waals surface area (Å²) in [5.74, 6) is 0.202. The molecule has 12 atom stereocenters. The maximum absolute atomic E-state index is 13.1. The monoisotopic (exact) mass is 746 g/mol. The normalized spacial score (nSPS) is 41.1. The molecule has 10 nitrogen and oxygen atoms in total. The SMILES string of the molecule is C[C@@]12OCC[C@@H]1S[C@@H]1[C@@H]3C(=O)CC[C@@H]3[C@@H](C(=O)OCc3ccccc3)N12.C[C@]12OCC[C@H]1S[C@@H]1[C@@H]3C(=O)CC[C@@H]3[C@@H](C(=O)OCc3ccccc3)N12. The Labute approximate surface area is 313 Å². The fourth-order valence-corrected chi connectivity index (χ4v) is 14.6. The number of hydrogen-bond donors (Lipinski definition) is 0. The van der Waals surface area contributed by atoms with Gasteiger partial charge in [-0.2, -0.15) is 0 Å². The largest absolute Gasteiger partial charge is 0.460 e. The third-order valence-corrected chi connectivity index (χ3v) is 16.6. The molecule has 0 aromatic heterocycles. The molecule has 276 valence electrons. The Morgan fingerprint density at radius 3 is 1.48 bits per heavy atom. The number of ketones is 2. The molecule has 52 heavy (non-hydrogen) atoms. The molecular weight excluding hydrogens is 701 g/mol. The molecule has 0 amide bonds. The summed E-state index contributed by atoms with van der Waals surface area (Å²) < 4.78 is 23.6. The minimum atomic E-state index is -0.462. The third kappa shape index (κ3) is 5.53. The Kier molecular flexibility index (Phi) is 9.10. The second-order valence-electron chi connectivity index (χ2n) is 15.7. The first-order valence-electron chi connectivity index (χ1n) is 18.8. The lowest BCUT2D eigenvalue weighted by Crippen LogP contribution is -2.54. The van der Waals surface area contributed by atoms with E-state index in [1.165, 1.54) is 0 Å². The number of hydrogen-bond acceptors (Lipinski definition) is 12. The first-order chi connectivity index (χ1) is 25.2. The second-order valence-corrected chi connectivity index (χ2v) is 18.3. The van der Waals surface area contributed by atoms with Gasteiger partial charge in [-0.3, -0.25) is 19.2 Å². The van der Waals surface area contributed by atoms with Crippen LogP contribution >= 0.6 is 23.5 Å². The maximum atomic E-state index is 13.1. The summed E-state index contributed by atoms with van der Waals surface area (Å²) >= 11 is 3.68. The quantitative estimate of drug-likeness (QED) is 0.364. The lowest BCUT2D eigenvalue weighted by Gasteiger charge is -2.37. The number of thioether (sulfide) groups is 2. The number of carbonyl (C=O) groups is 4. The van der Waals surface area contributed by atoms with Crippen molar-refractivity contribution in [3.05, 3.63) is 71.8 Å². The van der Waals surface area contributed by atoms with Gasteiger partial charge in [-0.05, 0) is 62.5 Å². The summed E-state index contributed by atoms with van der Waals surface area (Å²) in [7, 11) is 0. The van der Waals surface area contributed by atoms with Gasteiger partial charge in [-0.25, -0.2) is 9.80 Å². The molecule has 8 fully saturated rings. The van der Waals surface area contributed by atoms with Gasteiger partial charge < -0.3 is 18.9 Å². The van der Waals surface area contributed by atoms with Crippen molar-refractivity contribution in [3.63, 3.8) is 0 Å². The minimum absolute atomic E-state index is 0.0552. The van der Waals surface area contributed by atoms with Crippen LogP contribution in [0.4, 0.5) is 0 Å². The number of fused-ring (bicyclic) bond motifs is 10. The number of carbonyl (C=O) groups excluding carboxylic acids is 4. The summed E-state index contributed by atoms with van der Waals surface area (Å²) in [6, 6.07) is 18.7. The predicted molar refractivity (Wildman–Crippen MR) is 194 cm³/mol. The first-order valence-corrected chi connectivity index (χ1v) is 20.7. The number of rotatable bonds is 6. The van der Waals surface area contributed by atoms with E-state index in [9.17, 15) is 19.2 Å². The van der Waals surface area contributed by atoms with Crippen LogP contribution in [-0.4, -0.2) is 91.3 Å². The lowest BCUT2D eigenvalue weighted by atomic mass is 9.93. The van der Waals surface area contributed by atoms with E-state index in [4.69, 9.17) is 18.9 Å². The van der Waals surface area contributed by atoms with E-state index < -0.39 is 11.4 Å². The highest BCUT2D eigenvalue weighted by molar-refractivity contribution is 8.01. The molecule has 0 N–H and O–H groups in total. The van der Waals surface area contributed by atoms with Gasteiger partial charge in [0.1, 0.15) is 48.3 Å². The molecule has 0 radical (unpaired) electrons. The molecule has 8 aliphatic rings. The maximum Gasteiger partial charge on any atom is 0.324 e. The first kappa shape index (κ1) is 35.0. The molecular formula is C40H46N2O8S2. The number of benzene rings is 2. The summed E-state index contributed by atoms with van der Waals surface area (Å²) in [6.07, 6.45) is 4.69. The number of nitrogens with zero attached hydrogens (tertiary/aromatic N) is 2. The summed E-state index contributed by atoms with van der Waals surface area (Å²) in [4.78, 5) is 55.7. The Morgan fingerprint density at radius 2 is 1.08 bits per heavy atom. The Bertz CT molecular complexity index is 1610. The van der Waals surface area contributed by atoms with Crippen LogP contribution in [0, 0.1) is 23.7 Å². The molecule has 6 heterocycles. The molecule has 6 saturated heterocycles. The van der Waals surface area contributed by atoms with Crippen molar-refractivity contribution >= 4 is 47.0 Å². The van der Waals surface area contributed by atoms with Crippen LogP contribution in [-0.2, 0) is 51.3 Å². The van der Waals surface area contributed by atoms with Gasteiger partial charge in [0.2, 0.25) is 0 Å². The van der Waals surface area contributed by atoms with Gasteiger partial charge in [-0.15, -0.1) is 23.5 Å². The molecule has 0 bridgehead atoms. The van der Waals surface area contributed by atoms with Crippen LogP contribution in [0.25, 0.3) is 0 Å². The number of ether oxygens (including phenoxy) is 4. The molecule has 2 aliphatic carbocycles.